The van der Waals surface area contributed by atoms with Gasteiger partial charge in [-0.2, -0.15) is 0 Å². The quantitative estimate of drug-likeness (QED) is 0.750. The first-order valence-corrected chi connectivity index (χ1v) is 10.3. The molecule has 97 valence electrons. The summed E-state index contributed by atoms with van der Waals surface area (Å²) >= 11 is -1.47. The van der Waals surface area contributed by atoms with Crippen molar-refractivity contribution in [2.75, 3.05) is 0 Å². The van der Waals surface area contributed by atoms with Crippen LogP contribution in [0, 0.1) is 0 Å². The molecule has 0 fully saturated rings. The van der Waals surface area contributed by atoms with Gasteiger partial charge in [-0.05, 0) is 0 Å². The van der Waals surface area contributed by atoms with E-state index in [9.17, 15) is 4.79 Å². The Morgan fingerprint density at radius 3 is 1.79 bits per heavy atom. The maximum absolute atomic E-state index is 11.1. The van der Waals surface area contributed by atoms with Crippen molar-refractivity contribution in [1.82, 2.24) is 0 Å². The SMILES string of the molecule is CC(=O)CC[CH2][Ge]([c]1ccccc1)[c]1ccccc1. The van der Waals surface area contributed by atoms with Gasteiger partial charge in [0.05, 0.1) is 0 Å². The summed E-state index contributed by atoms with van der Waals surface area (Å²) in [7, 11) is 0. The first-order chi connectivity index (χ1) is 9.27. The summed E-state index contributed by atoms with van der Waals surface area (Å²) in [5.41, 5.74) is 0. The molecule has 2 heteroatoms. The number of rotatable bonds is 6. The first kappa shape index (κ1) is 14.1. The minimum absolute atomic E-state index is 0.304. The van der Waals surface area contributed by atoms with Gasteiger partial charge in [0, 0.05) is 0 Å². The topological polar surface area (TPSA) is 17.1 Å². The first-order valence-electron chi connectivity index (χ1n) is 6.73. The third-order valence-corrected chi connectivity index (χ3v) is 9.31. The van der Waals surface area contributed by atoms with Gasteiger partial charge in [-0.3, -0.25) is 0 Å². The van der Waals surface area contributed by atoms with E-state index in [0.29, 0.717) is 5.78 Å². The van der Waals surface area contributed by atoms with Crippen molar-refractivity contribution < 1.29 is 4.79 Å². The molecule has 0 bridgehead atoms. The minimum atomic E-state index is -1.47. The molecule has 2 rings (SSSR count). The van der Waals surface area contributed by atoms with Gasteiger partial charge in [-0.15, -0.1) is 0 Å². The molecule has 2 aromatic carbocycles. The zero-order chi connectivity index (χ0) is 13.5. The van der Waals surface area contributed by atoms with E-state index in [2.05, 4.69) is 60.7 Å². The van der Waals surface area contributed by atoms with Crippen molar-refractivity contribution in [2.24, 2.45) is 0 Å². The van der Waals surface area contributed by atoms with Gasteiger partial charge in [0.25, 0.3) is 0 Å². The van der Waals surface area contributed by atoms with E-state index in [-0.39, 0.29) is 0 Å². The molecule has 0 aliphatic carbocycles. The molecule has 0 saturated carbocycles. The number of hydrogen-bond donors (Lipinski definition) is 0. The Kier molecular flexibility index (Phi) is 5.40. The van der Waals surface area contributed by atoms with Gasteiger partial charge in [0.15, 0.2) is 0 Å². The van der Waals surface area contributed by atoms with E-state index in [1.54, 1.807) is 6.92 Å². The Morgan fingerprint density at radius 2 is 1.37 bits per heavy atom. The Labute approximate surface area is 119 Å². The Morgan fingerprint density at radius 1 is 0.895 bits per heavy atom. The molecular formula is C17H19GeO. The summed E-state index contributed by atoms with van der Waals surface area (Å²) in [6, 6.07) is 21.6. The Hall–Kier alpha value is -1.35. The van der Waals surface area contributed by atoms with Crippen LogP contribution in [0.3, 0.4) is 0 Å². The Bertz CT molecular complexity index is 468. The van der Waals surface area contributed by atoms with E-state index < -0.39 is 14.3 Å². The van der Waals surface area contributed by atoms with Crippen molar-refractivity contribution in [3.8, 4) is 0 Å². The molecule has 19 heavy (non-hydrogen) atoms. The fraction of sp³-hybridized carbons (Fsp3) is 0.235. The van der Waals surface area contributed by atoms with Crippen LogP contribution in [0.15, 0.2) is 60.7 Å². The van der Waals surface area contributed by atoms with E-state index in [4.69, 9.17) is 0 Å². The summed E-state index contributed by atoms with van der Waals surface area (Å²) in [5.74, 6) is 0.304. The van der Waals surface area contributed by atoms with Gasteiger partial charge in [-0.25, -0.2) is 0 Å². The van der Waals surface area contributed by atoms with Gasteiger partial charge in [-0.1, -0.05) is 0 Å². The number of ketones is 1. The maximum atomic E-state index is 11.1. The molecule has 0 spiro atoms. The standard InChI is InChI=1S/C17H19GeO/c1-15(19)9-8-14-18(16-10-4-2-5-11-16)17-12-6-3-7-13-17/h2-7,10-13H,8-9,14H2,1H3. The average Bonchev–Trinajstić information content (AvgIpc) is 2.45. The van der Waals surface area contributed by atoms with Crippen LogP contribution in [0.5, 0.6) is 0 Å². The monoisotopic (exact) mass is 313 g/mol. The molecule has 1 radical (unpaired) electrons. The normalized spacial score (nSPS) is 10.6. The van der Waals surface area contributed by atoms with Gasteiger partial charge in [0.1, 0.15) is 0 Å². The zero-order valence-electron chi connectivity index (χ0n) is 11.3. The van der Waals surface area contributed by atoms with Crippen LogP contribution in [0.4, 0.5) is 0 Å². The number of benzene rings is 2. The van der Waals surface area contributed by atoms with E-state index in [1.165, 1.54) is 14.0 Å². The van der Waals surface area contributed by atoms with Crippen LogP contribution in [0.2, 0.25) is 5.25 Å². The molecule has 0 atom stereocenters. The van der Waals surface area contributed by atoms with Crippen molar-refractivity contribution >= 4 is 28.9 Å². The molecule has 0 heterocycles. The molecule has 0 aromatic heterocycles. The molecule has 1 nitrogen and oxygen atoms in total. The Balaban J connectivity index is 2.17. The number of Topliss-reactive ketones (excluding diaryl/α,β-unsaturated/α-hetero) is 1. The van der Waals surface area contributed by atoms with E-state index >= 15 is 0 Å². The second kappa shape index (κ2) is 7.29. The fourth-order valence-electron chi connectivity index (χ4n) is 2.25. The van der Waals surface area contributed by atoms with Crippen molar-refractivity contribution in [1.29, 1.82) is 0 Å². The van der Waals surface area contributed by atoms with Crippen LogP contribution in [-0.4, -0.2) is 20.1 Å². The molecule has 0 N–H and O–H groups in total. The van der Waals surface area contributed by atoms with E-state index in [0.717, 1.165) is 12.8 Å². The zero-order valence-corrected chi connectivity index (χ0v) is 13.4. The van der Waals surface area contributed by atoms with Crippen molar-refractivity contribution in [2.45, 2.75) is 25.0 Å². The summed E-state index contributed by atoms with van der Waals surface area (Å²) in [6.07, 6.45) is 1.74. The van der Waals surface area contributed by atoms with Crippen LogP contribution < -0.4 is 8.79 Å². The predicted octanol–water partition coefficient (Wildman–Crippen LogP) is 2.66. The summed E-state index contributed by atoms with van der Waals surface area (Å²) in [4.78, 5) is 11.1. The molecule has 0 aliphatic heterocycles. The molecule has 0 aliphatic rings. The number of carbonyl (C=O) groups is 1. The molecular weight excluding hydrogens is 293 g/mol. The fourth-order valence-corrected chi connectivity index (χ4v) is 7.77. The van der Waals surface area contributed by atoms with Gasteiger partial charge in [0.2, 0.25) is 0 Å². The van der Waals surface area contributed by atoms with Gasteiger partial charge < -0.3 is 0 Å². The second-order valence-corrected chi connectivity index (χ2v) is 10.2. The van der Waals surface area contributed by atoms with Crippen LogP contribution in [0.1, 0.15) is 19.8 Å². The second-order valence-electron chi connectivity index (χ2n) is 4.77. The average molecular weight is 312 g/mol. The molecule has 0 unspecified atom stereocenters. The van der Waals surface area contributed by atoms with E-state index in [1.807, 2.05) is 0 Å². The predicted molar refractivity (Wildman–Crippen MR) is 82.6 cm³/mol. The molecule has 0 saturated heterocycles. The molecule has 0 amide bonds. The summed E-state index contributed by atoms with van der Waals surface area (Å²) in [6.45, 7) is 1.69. The third-order valence-electron chi connectivity index (χ3n) is 3.20. The van der Waals surface area contributed by atoms with Crippen LogP contribution in [-0.2, 0) is 4.79 Å². The molecule has 2 aromatic rings. The van der Waals surface area contributed by atoms with Crippen LogP contribution in [0.25, 0.3) is 0 Å². The van der Waals surface area contributed by atoms with Crippen LogP contribution >= 0.6 is 0 Å². The summed E-state index contributed by atoms with van der Waals surface area (Å²) < 4.78 is 2.99. The third kappa shape index (κ3) is 4.36. The van der Waals surface area contributed by atoms with Gasteiger partial charge >= 0.3 is 119 Å². The summed E-state index contributed by atoms with van der Waals surface area (Å²) in [5, 5.41) is 1.19. The number of hydrogen-bond acceptors (Lipinski definition) is 1. The number of carbonyl (C=O) groups excluding carboxylic acids is 1. The van der Waals surface area contributed by atoms with Crippen molar-refractivity contribution in [3.05, 3.63) is 60.7 Å². The van der Waals surface area contributed by atoms with Crippen molar-refractivity contribution in [3.63, 3.8) is 0 Å².